The lowest BCUT2D eigenvalue weighted by Gasteiger charge is -2.39. The molecule has 0 bridgehead atoms. The van der Waals surface area contributed by atoms with Crippen LogP contribution in [0.15, 0.2) is 30.3 Å². The minimum absolute atomic E-state index is 0.0241. The number of carbonyl (C=O) groups excluding carboxylic acids is 2. The highest BCUT2D eigenvalue weighted by atomic mass is 16.6. The first-order valence-electron chi connectivity index (χ1n) is 11.0. The van der Waals surface area contributed by atoms with Gasteiger partial charge in [-0.3, -0.25) is 4.79 Å². The van der Waals surface area contributed by atoms with Gasteiger partial charge in [0.05, 0.1) is 18.8 Å². The van der Waals surface area contributed by atoms with E-state index < -0.39 is 11.6 Å². The summed E-state index contributed by atoms with van der Waals surface area (Å²) >= 11 is 0. The number of carboxylic acids is 1. The Morgan fingerprint density at radius 3 is 2.50 bits per heavy atom. The van der Waals surface area contributed by atoms with Crippen molar-refractivity contribution in [2.24, 2.45) is 5.92 Å². The summed E-state index contributed by atoms with van der Waals surface area (Å²) in [5.41, 5.74) is -0.0794. The molecule has 0 spiro atoms. The molecule has 2 fully saturated rings. The first-order chi connectivity index (χ1) is 16.1. The van der Waals surface area contributed by atoms with Crippen molar-refractivity contribution in [3.63, 3.8) is 0 Å². The first kappa shape index (κ1) is 23.3. The van der Waals surface area contributed by atoms with Gasteiger partial charge >= 0.3 is 12.1 Å². The number of benzene rings is 1. The van der Waals surface area contributed by atoms with Gasteiger partial charge in [-0.25, -0.2) is 9.59 Å². The largest absolute Gasteiger partial charge is 0.487 e. The lowest BCUT2D eigenvalue weighted by Crippen LogP contribution is -2.57. The highest BCUT2D eigenvalue weighted by Crippen LogP contribution is 2.31. The van der Waals surface area contributed by atoms with Gasteiger partial charge in [-0.15, -0.1) is 10.2 Å². The van der Waals surface area contributed by atoms with E-state index in [-0.39, 0.29) is 41.2 Å². The number of anilines is 3. The molecule has 1 aromatic carbocycles. The number of carboxylic acid groups (broad SMARTS) is 1. The van der Waals surface area contributed by atoms with Gasteiger partial charge in [0.2, 0.25) is 5.91 Å². The van der Waals surface area contributed by atoms with Crippen molar-refractivity contribution in [2.75, 3.05) is 23.7 Å². The molecule has 2 aliphatic rings. The van der Waals surface area contributed by atoms with E-state index in [0.29, 0.717) is 24.5 Å². The molecule has 180 valence electrons. The highest BCUT2D eigenvalue weighted by molar-refractivity contribution is 5.96. The van der Waals surface area contributed by atoms with Crippen LogP contribution < -0.4 is 15.4 Å². The molecule has 2 aromatic rings. The summed E-state index contributed by atoms with van der Waals surface area (Å²) < 4.78 is 11.3. The molecule has 11 nitrogen and oxygen atoms in total. The summed E-state index contributed by atoms with van der Waals surface area (Å²) in [6, 6.07) is 8.42. The predicted octanol–water partition coefficient (Wildman–Crippen LogP) is 3.27. The third-order valence-corrected chi connectivity index (χ3v) is 5.11. The SMILES string of the molecule is CC(C)(C)OC(=O)N1CC(Oc2cccc(Nc3cc(NC(=O)C4CC4)nnc3C(=O)O)c2)C1. The van der Waals surface area contributed by atoms with Crippen LogP contribution in [0.3, 0.4) is 0 Å². The summed E-state index contributed by atoms with van der Waals surface area (Å²) in [6.07, 6.45) is 1.12. The number of hydrogen-bond donors (Lipinski definition) is 3. The zero-order valence-corrected chi connectivity index (χ0v) is 19.2. The molecule has 1 saturated heterocycles. The Bertz CT molecular complexity index is 1110. The Hall–Kier alpha value is -3.89. The maximum Gasteiger partial charge on any atom is 0.410 e. The molecular formula is C23H27N5O6. The van der Waals surface area contributed by atoms with Crippen LogP contribution in [0.25, 0.3) is 0 Å². The smallest absolute Gasteiger partial charge is 0.410 e. The van der Waals surface area contributed by atoms with E-state index in [1.165, 1.54) is 6.07 Å². The normalized spacial score (nSPS) is 15.8. The van der Waals surface area contributed by atoms with E-state index in [1.807, 2.05) is 20.8 Å². The fourth-order valence-electron chi connectivity index (χ4n) is 3.26. The van der Waals surface area contributed by atoms with Crippen molar-refractivity contribution in [1.29, 1.82) is 0 Å². The van der Waals surface area contributed by atoms with E-state index in [9.17, 15) is 19.5 Å². The van der Waals surface area contributed by atoms with Crippen molar-refractivity contribution in [3.05, 3.63) is 36.0 Å². The number of aromatic carboxylic acids is 1. The molecule has 3 N–H and O–H groups in total. The first-order valence-corrected chi connectivity index (χ1v) is 11.0. The van der Waals surface area contributed by atoms with E-state index in [4.69, 9.17) is 9.47 Å². The van der Waals surface area contributed by atoms with Gasteiger partial charge in [-0.2, -0.15) is 0 Å². The number of nitrogens with one attached hydrogen (secondary N) is 2. The summed E-state index contributed by atoms with van der Waals surface area (Å²) in [4.78, 5) is 37.2. The lowest BCUT2D eigenvalue weighted by atomic mass is 10.1. The molecule has 34 heavy (non-hydrogen) atoms. The van der Waals surface area contributed by atoms with Crippen LogP contribution in [0.2, 0.25) is 0 Å². The summed E-state index contributed by atoms with van der Waals surface area (Å²) in [7, 11) is 0. The number of carbonyl (C=O) groups is 3. The molecule has 0 atom stereocenters. The quantitative estimate of drug-likeness (QED) is 0.556. The maximum atomic E-state index is 12.1. The number of amides is 2. The van der Waals surface area contributed by atoms with E-state index in [1.54, 1.807) is 29.2 Å². The van der Waals surface area contributed by atoms with Crippen LogP contribution in [-0.2, 0) is 9.53 Å². The summed E-state index contributed by atoms with van der Waals surface area (Å²) in [6.45, 7) is 6.27. The third kappa shape index (κ3) is 5.91. The number of likely N-dealkylation sites (tertiary alicyclic amines) is 1. The average Bonchev–Trinajstić information content (AvgIpc) is 3.54. The molecule has 1 saturated carbocycles. The van der Waals surface area contributed by atoms with Crippen molar-refractivity contribution in [1.82, 2.24) is 15.1 Å². The second kappa shape index (κ2) is 9.16. The minimum Gasteiger partial charge on any atom is -0.487 e. The molecule has 0 unspecified atom stereocenters. The molecular weight excluding hydrogens is 442 g/mol. The molecule has 0 radical (unpaired) electrons. The van der Waals surface area contributed by atoms with E-state index in [0.717, 1.165) is 12.8 Å². The molecule has 1 aliphatic heterocycles. The van der Waals surface area contributed by atoms with Gasteiger partial charge in [0.25, 0.3) is 0 Å². The van der Waals surface area contributed by atoms with Crippen LogP contribution in [0, 0.1) is 5.92 Å². The monoisotopic (exact) mass is 469 g/mol. The Morgan fingerprint density at radius 2 is 1.85 bits per heavy atom. The van der Waals surface area contributed by atoms with Gasteiger partial charge < -0.3 is 30.1 Å². The molecule has 11 heteroatoms. The number of ether oxygens (including phenoxy) is 2. The number of rotatable bonds is 7. The third-order valence-electron chi connectivity index (χ3n) is 5.11. The summed E-state index contributed by atoms with van der Waals surface area (Å²) in [5, 5.41) is 22.7. The second-order valence-electron chi connectivity index (χ2n) is 9.34. The van der Waals surface area contributed by atoms with Crippen molar-refractivity contribution in [2.45, 2.75) is 45.3 Å². The fraction of sp³-hybridized carbons (Fsp3) is 0.435. The van der Waals surface area contributed by atoms with Crippen molar-refractivity contribution < 1.29 is 29.0 Å². The number of hydrogen-bond acceptors (Lipinski definition) is 8. The van der Waals surface area contributed by atoms with Crippen LogP contribution in [0.5, 0.6) is 5.75 Å². The van der Waals surface area contributed by atoms with Gasteiger partial charge in [-0.05, 0) is 45.7 Å². The Morgan fingerprint density at radius 1 is 1.12 bits per heavy atom. The van der Waals surface area contributed by atoms with Crippen molar-refractivity contribution in [3.8, 4) is 5.75 Å². The predicted molar refractivity (Wildman–Crippen MR) is 122 cm³/mol. The van der Waals surface area contributed by atoms with Crippen LogP contribution >= 0.6 is 0 Å². The Kier molecular flexibility index (Phi) is 6.27. The molecule has 4 rings (SSSR count). The van der Waals surface area contributed by atoms with Gasteiger partial charge in [0.1, 0.15) is 17.5 Å². The van der Waals surface area contributed by atoms with E-state index >= 15 is 0 Å². The average molecular weight is 469 g/mol. The zero-order valence-electron chi connectivity index (χ0n) is 19.2. The van der Waals surface area contributed by atoms with Crippen LogP contribution in [0.1, 0.15) is 44.1 Å². The highest BCUT2D eigenvalue weighted by Gasteiger charge is 2.35. The molecule has 2 heterocycles. The number of nitrogens with zero attached hydrogens (tertiary/aromatic N) is 3. The second-order valence-corrected chi connectivity index (χ2v) is 9.34. The number of aromatic nitrogens is 2. The van der Waals surface area contributed by atoms with Crippen LogP contribution in [-0.4, -0.2) is 63.0 Å². The van der Waals surface area contributed by atoms with E-state index in [2.05, 4.69) is 20.8 Å². The van der Waals surface area contributed by atoms with Gasteiger partial charge in [0, 0.05) is 23.7 Å². The van der Waals surface area contributed by atoms with Gasteiger partial charge in [-0.1, -0.05) is 6.07 Å². The molecule has 1 aromatic heterocycles. The zero-order chi connectivity index (χ0) is 24.5. The Labute approximate surface area is 196 Å². The maximum absolute atomic E-state index is 12.1. The summed E-state index contributed by atoms with van der Waals surface area (Å²) in [5.74, 6) is -0.698. The van der Waals surface area contributed by atoms with Gasteiger partial charge in [0.15, 0.2) is 11.5 Å². The standard InChI is InChI=1S/C23H27N5O6/c1-23(2,3)34-22(32)28-11-16(12-28)33-15-6-4-5-14(9-15)24-17-10-18(25-20(29)13-7-8-13)26-27-19(17)21(30)31/h4-6,9-10,13,16H,7-8,11-12H2,1-3H3,(H,30,31)(H2,24,25,26,29). The minimum atomic E-state index is -1.25. The molecule has 1 aliphatic carbocycles. The van der Waals surface area contributed by atoms with Crippen molar-refractivity contribution >= 4 is 35.2 Å². The fourth-order valence-corrected chi connectivity index (χ4v) is 3.26. The lowest BCUT2D eigenvalue weighted by molar-refractivity contribution is -0.117. The Balaban J connectivity index is 1.40. The molecule has 2 amide bonds. The topological polar surface area (TPSA) is 143 Å². The van der Waals surface area contributed by atoms with Crippen LogP contribution in [0.4, 0.5) is 22.0 Å².